The molecule has 2 aromatic rings. The van der Waals surface area contributed by atoms with Gasteiger partial charge in [-0.1, -0.05) is 66.2 Å². The first-order valence-electron chi connectivity index (χ1n) is 10.5. The molecule has 1 heterocycles. The fourth-order valence-electron chi connectivity index (χ4n) is 3.05. The summed E-state index contributed by atoms with van der Waals surface area (Å²) in [5.41, 5.74) is 1.42. The van der Waals surface area contributed by atoms with E-state index in [0.29, 0.717) is 42.9 Å². The fraction of sp³-hybridized carbons (Fsp3) is 0.292. The van der Waals surface area contributed by atoms with Crippen LogP contribution in [0.15, 0.2) is 41.3 Å². The molecule has 10 heteroatoms. The number of hydrogen-bond donors (Lipinski definition) is 0. The van der Waals surface area contributed by atoms with Crippen LogP contribution >= 0.6 is 47.2 Å². The van der Waals surface area contributed by atoms with Crippen molar-refractivity contribution in [2.75, 3.05) is 20.3 Å². The standard InChI is InChI=1S/C24H23Cl2NO5S2/c1-3-11-31-22(28)9-10-27-23(29)21(34-24(27)33)13-15-7-8-19(20(12-15)30-2)32-14-16-17(25)5-4-6-18(16)26/h4-8,12-13H,3,9-11,14H2,1-2H3/b21-13-. The van der Waals surface area contributed by atoms with Crippen LogP contribution in [0.2, 0.25) is 10.0 Å². The Balaban J connectivity index is 1.69. The van der Waals surface area contributed by atoms with Gasteiger partial charge in [0.15, 0.2) is 11.5 Å². The van der Waals surface area contributed by atoms with Crippen molar-refractivity contribution < 1.29 is 23.8 Å². The van der Waals surface area contributed by atoms with E-state index >= 15 is 0 Å². The van der Waals surface area contributed by atoms with Crippen molar-refractivity contribution in [2.45, 2.75) is 26.4 Å². The van der Waals surface area contributed by atoms with Gasteiger partial charge >= 0.3 is 5.97 Å². The molecule has 0 saturated carbocycles. The lowest BCUT2D eigenvalue weighted by molar-refractivity contribution is -0.143. The van der Waals surface area contributed by atoms with Gasteiger partial charge in [-0.15, -0.1) is 0 Å². The van der Waals surface area contributed by atoms with Crippen molar-refractivity contribution in [3.8, 4) is 11.5 Å². The van der Waals surface area contributed by atoms with E-state index in [1.165, 1.54) is 23.8 Å². The number of esters is 1. The van der Waals surface area contributed by atoms with Crippen LogP contribution in [-0.2, 0) is 20.9 Å². The molecule has 0 N–H and O–H groups in total. The van der Waals surface area contributed by atoms with Crippen molar-refractivity contribution in [1.82, 2.24) is 4.90 Å². The van der Waals surface area contributed by atoms with Crippen LogP contribution in [0, 0.1) is 0 Å². The number of rotatable bonds is 10. The molecule has 34 heavy (non-hydrogen) atoms. The van der Waals surface area contributed by atoms with Gasteiger partial charge in [-0.25, -0.2) is 0 Å². The molecule has 0 unspecified atom stereocenters. The second kappa shape index (κ2) is 12.4. The topological polar surface area (TPSA) is 65.1 Å². The van der Waals surface area contributed by atoms with E-state index in [4.69, 9.17) is 49.6 Å². The molecule has 1 saturated heterocycles. The highest BCUT2D eigenvalue weighted by Gasteiger charge is 2.32. The van der Waals surface area contributed by atoms with Crippen LogP contribution in [0.3, 0.4) is 0 Å². The third-order valence-corrected chi connectivity index (χ3v) is 6.89. The summed E-state index contributed by atoms with van der Waals surface area (Å²) < 4.78 is 16.8. The number of halogens is 2. The molecule has 1 amide bonds. The van der Waals surface area contributed by atoms with Crippen LogP contribution in [0.1, 0.15) is 30.9 Å². The number of amides is 1. The van der Waals surface area contributed by atoms with Gasteiger partial charge in [0.05, 0.1) is 25.0 Å². The van der Waals surface area contributed by atoms with Crippen LogP contribution < -0.4 is 9.47 Å². The zero-order valence-corrected chi connectivity index (χ0v) is 21.8. The highest BCUT2D eigenvalue weighted by molar-refractivity contribution is 8.26. The number of ether oxygens (including phenoxy) is 3. The van der Waals surface area contributed by atoms with Crippen molar-refractivity contribution in [3.63, 3.8) is 0 Å². The van der Waals surface area contributed by atoms with Gasteiger partial charge in [0.1, 0.15) is 10.9 Å². The Labute approximate surface area is 218 Å². The molecule has 3 rings (SSSR count). The lowest BCUT2D eigenvalue weighted by Crippen LogP contribution is -2.30. The summed E-state index contributed by atoms with van der Waals surface area (Å²) in [6, 6.07) is 10.6. The molecular weight excluding hydrogens is 517 g/mol. The van der Waals surface area contributed by atoms with Gasteiger partial charge in [0.25, 0.3) is 5.91 Å². The number of thioether (sulfide) groups is 1. The molecule has 0 bridgehead atoms. The first-order chi connectivity index (χ1) is 16.3. The Kier molecular flexibility index (Phi) is 9.64. The van der Waals surface area contributed by atoms with Gasteiger partial charge in [0.2, 0.25) is 0 Å². The largest absolute Gasteiger partial charge is 0.493 e. The van der Waals surface area contributed by atoms with Crippen LogP contribution in [0.5, 0.6) is 11.5 Å². The monoisotopic (exact) mass is 539 g/mol. The van der Waals surface area contributed by atoms with Gasteiger partial charge in [-0.2, -0.15) is 0 Å². The Hall–Kier alpha value is -2.26. The average Bonchev–Trinajstić information content (AvgIpc) is 3.08. The average molecular weight is 540 g/mol. The van der Waals surface area contributed by atoms with Crippen LogP contribution in [0.25, 0.3) is 6.08 Å². The minimum Gasteiger partial charge on any atom is -0.493 e. The Morgan fingerprint density at radius 2 is 1.91 bits per heavy atom. The third-order valence-electron chi connectivity index (χ3n) is 4.80. The zero-order valence-electron chi connectivity index (χ0n) is 18.6. The predicted octanol–water partition coefficient (Wildman–Crippen LogP) is 6.13. The maximum absolute atomic E-state index is 12.8. The number of carbonyl (C=O) groups is 2. The van der Waals surface area contributed by atoms with E-state index < -0.39 is 0 Å². The predicted molar refractivity (Wildman–Crippen MR) is 140 cm³/mol. The van der Waals surface area contributed by atoms with Crippen molar-refractivity contribution >= 4 is 69.5 Å². The summed E-state index contributed by atoms with van der Waals surface area (Å²) in [6.45, 7) is 2.64. The normalized spacial score (nSPS) is 14.6. The van der Waals surface area contributed by atoms with E-state index in [1.54, 1.807) is 42.5 Å². The quantitative estimate of drug-likeness (QED) is 0.204. The molecule has 1 aliphatic heterocycles. The molecule has 0 spiro atoms. The summed E-state index contributed by atoms with van der Waals surface area (Å²) in [4.78, 5) is 26.5. The molecule has 180 valence electrons. The van der Waals surface area contributed by atoms with Gasteiger partial charge in [0, 0.05) is 22.2 Å². The van der Waals surface area contributed by atoms with E-state index in [1.807, 2.05) is 6.92 Å². The smallest absolute Gasteiger partial charge is 0.307 e. The second-order valence-corrected chi connectivity index (χ2v) is 9.69. The minimum atomic E-state index is -0.349. The summed E-state index contributed by atoms with van der Waals surface area (Å²) in [5.74, 6) is 0.407. The van der Waals surface area contributed by atoms with Crippen LogP contribution in [0.4, 0.5) is 0 Å². The number of nitrogens with zero attached hydrogens (tertiary/aromatic N) is 1. The van der Waals surface area contributed by atoms with E-state index in [-0.39, 0.29) is 31.4 Å². The lowest BCUT2D eigenvalue weighted by atomic mass is 10.1. The Morgan fingerprint density at radius 1 is 1.18 bits per heavy atom. The van der Waals surface area contributed by atoms with Gasteiger partial charge < -0.3 is 14.2 Å². The maximum Gasteiger partial charge on any atom is 0.307 e. The first-order valence-corrected chi connectivity index (χ1v) is 12.5. The molecular formula is C24H23Cl2NO5S2. The summed E-state index contributed by atoms with van der Waals surface area (Å²) in [7, 11) is 1.53. The summed E-state index contributed by atoms with van der Waals surface area (Å²) in [5, 5.41) is 1.03. The molecule has 0 aromatic heterocycles. The van der Waals surface area contributed by atoms with Crippen molar-refractivity contribution in [2.24, 2.45) is 0 Å². The van der Waals surface area contributed by atoms with E-state index in [2.05, 4.69) is 0 Å². The number of thiocarbonyl (C=S) groups is 1. The maximum atomic E-state index is 12.8. The summed E-state index contributed by atoms with van der Waals surface area (Å²) >= 11 is 18.9. The number of carbonyl (C=O) groups excluding carboxylic acids is 2. The first kappa shape index (κ1) is 26.3. The summed E-state index contributed by atoms with van der Waals surface area (Å²) in [6.07, 6.45) is 2.57. The highest BCUT2D eigenvalue weighted by atomic mass is 35.5. The van der Waals surface area contributed by atoms with Crippen molar-refractivity contribution in [1.29, 1.82) is 0 Å². The van der Waals surface area contributed by atoms with Crippen LogP contribution in [-0.4, -0.2) is 41.4 Å². The second-order valence-electron chi connectivity index (χ2n) is 7.20. The molecule has 1 aliphatic rings. The van der Waals surface area contributed by atoms with E-state index in [9.17, 15) is 9.59 Å². The van der Waals surface area contributed by atoms with E-state index in [0.717, 1.165) is 12.0 Å². The Morgan fingerprint density at radius 3 is 2.59 bits per heavy atom. The number of benzene rings is 2. The fourth-order valence-corrected chi connectivity index (χ4v) is 4.86. The third kappa shape index (κ3) is 6.66. The Bertz CT molecular complexity index is 1100. The molecule has 6 nitrogen and oxygen atoms in total. The molecule has 0 radical (unpaired) electrons. The lowest BCUT2D eigenvalue weighted by Gasteiger charge is -2.14. The SMILES string of the molecule is CCCOC(=O)CCN1C(=O)/C(=C/c2ccc(OCc3c(Cl)cccc3Cl)c(OC)c2)SC1=S. The molecule has 2 aromatic carbocycles. The molecule has 1 fully saturated rings. The number of hydrogen-bond acceptors (Lipinski definition) is 7. The highest BCUT2D eigenvalue weighted by Crippen LogP contribution is 2.35. The minimum absolute atomic E-state index is 0.0923. The molecule has 0 atom stereocenters. The van der Waals surface area contributed by atoms with Crippen molar-refractivity contribution in [3.05, 3.63) is 62.5 Å². The zero-order chi connectivity index (χ0) is 24.7. The number of methoxy groups -OCH3 is 1. The van der Waals surface area contributed by atoms with Gasteiger partial charge in [-0.3, -0.25) is 14.5 Å². The molecule has 0 aliphatic carbocycles. The van der Waals surface area contributed by atoms with Gasteiger partial charge in [-0.05, 0) is 42.3 Å².